The first-order chi connectivity index (χ1) is 16.6. The number of rotatable bonds is 5. The Bertz CT molecular complexity index is 1080. The second-order valence-electron chi connectivity index (χ2n) is 10.3. The molecule has 34 heavy (non-hydrogen) atoms. The second kappa shape index (κ2) is 10.2. The van der Waals surface area contributed by atoms with E-state index < -0.39 is 5.43 Å². The molecule has 1 N–H and O–H groups in total. The number of nitrogens with one attached hydrogen (secondary N) is 1. The first kappa shape index (κ1) is 22.9. The van der Waals surface area contributed by atoms with Crippen LogP contribution in [0.2, 0.25) is 0 Å². The fourth-order valence-corrected chi connectivity index (χ4v) is 5.51. The minimum atomic E-state index is -0.435. The van der Waals surface area contributed by atoms with Crippen LogP contribution in [0.1, 0.15) is 102 Å². The molecule has 2 aromatic rings. The number of carbonyl (C=O) groups excluding carboxylic acids is 2. The Kier molecular flexibility index (Phi) is 6.84. The van der Waals surface area contributed by atoms with Crippen molar-refractivity contribution in [3.63, 3.8) is 0 Å². The van der Waals surface area contributed by atoms with Gasteiger partial charge in [0.2, 0.25) is 5.43 Å². The van der Waals surface area contributed by atoms with Crippen LogP contribution in [0.25, 0.3) is 0 Å². The summed E-state index contributed by atoms with van der Waals surface area (Å²) in [4.78, 5) is 42.0. The molecule has 1 saturated heterocycles. The monoisotopic (exact) mass is 461 g/mol. The molecule has 1 unspecified atom stereocenters. The molecule has 6 nitrogen and oxygen atoms in total. The third kappa shape index (κ3) is 5.11. The van der Waals surface area contributed by atoms with Crippen molar-refractivity contribution >= 4 is 11.8 Å². The van der Waals surface area contributed by atoms with Crippen LogP contribution >= 0.6 is 0 Å². The maximum absolute atomic E-state index is 13.6. The molecule has 0 spiro atoms. The van der Waals surface area contributed by atoms with Gasteiger partial charge in [-0.05, 0) is 44.1 Å². The molecule has 1 aliphatic heterocycles. The predicted molar refractivity (Wildman–Crippen MR) is 132 cm³/mol. The third-order valence-corrected chi connectivity index (χ3v) is 7.66. The van der Waals surface area contributed by atoms with Crippen LogP contribution in [-0.2, 0) is 0 Å². The average Bonchev–Trinajstić information content (AvgIpc) is 3.73. The number of likely N-dealkylation sites (tertiary alicyclic amines) is 1. The maximum atomic E-state index is 13.6. The van der Waals surface area contributed by atoms with Gasteiger partial charge in [-0.3, -0.25) is 14.4 Å². The van der Waals surface area contributed by atoms with Gasteiger partial charge in [-0.25, -0.2) is 0 Å². The van der Waals surface area contributed by atoms with Crippen molar-refractivity contribution in [1.82, 2.24) is 14.8 Å². The van der Waals surface area contributed by atoms with Crippen LogP contribution in [0.5, 0.6) is 0 Å². The van der Waals surface area contributed by atoms with Gasteiger partial charge < -0.3 is 14.8 Å². The summed E-state index contributed by atoms with van der Waals surface area (Å²) in [7, 11) is 0. The number of hydrogen-bond acceptors (Lipinski definition) is 3. The molecule has 2 amide bonds. The van der Waals surface area contributed by atoms with Gasteiger partial charge in [0, 0.05) is 43.5 Å². The number of piperidine rings is 1. The minimum Gasteiger partial charge on any atom is -0.349 e. The molecule has 1 aromatic carbocycles. The molecule has 0 bridgehead atoms. The van der Waals surface area contributed by atoms with Crippen LogP contribution in [0.4, 0.5) is 0 Å². The van der Waals surface area contributed by atoms with E-state index >= 15 is 0 Å². The lowest BCUT2D eigenvalue weighted by Gasteiger charge is -2.33. The van der Waals surface area contributed by atoms with E-state index in [0.29, 0.717) is 13.1 Å². The summed E-state index contributed by atoms with van der Waals surface area (Å²) in [6, 6.07) is 10.7. The number of pyridine rings is 1. The normalized spacial score (nSPS) is 21.6. The Morgan fingerprint density at radius 3 is 2.24 bits per heavy atom. The van der Waals surface area contributed by atoms with E-state index in [9.17, 15) is 14.4 Å². The summed E-state index contributed by atoms with van der Waals surface area (Å²) in [5.74, 6) is -0.308. The van der Waals surface area contributed by atoms with Crippen molar-refractivity contribution in [3.05, 3.63) is 69.6 Å². The van der Waals surface area contributed by atoms with Crippen LogP contribution in [0.3, 0.4) is 0 Å². The Morgan fingerprint density at radius 2 is 1.53 bits per heavy atom. The van der Waals surface area contributed by atoms with E-state index in [1.165, 1.54) is 18.4 Å². The highest BCUT2D eigenvalue weighted by Gasteiger charge is 2.31. The van der Waals surface area contributed by atoms with Gasteiger partial charge in [-0.15, -0.1) is 0 Å². The van der Waals surface area contributed by atoms with E-state index in [2.05, 4.69) is 17.4 Å². The second-order valence-corrected chi connectivity index (χ2v) is 10.3. The molecule has 3 fully saturated rings. The van der Waals surface area contributed by atoms with Gasteiger partial charge in [0.15, 0.2) is 0 Å². The largest absolute Gasteiger partial charge is 0.349 e. The predicted octanol–water partition coefficient (Wildman–Crippen LogP) is 4.66. The smallest absolute Gasteiger partial charge is 0.259 e. The SMILES string of the molecule is O=C(NC1CCCCCC1)c1cn(C2CC2)cc(C(=O)N2CCCC(c3ccccc3)C2)c1=O. The lowest BCUT2D eigenvalue weighted by molar-refractivity contribution is 0.0705. The zero-order valence-corrected chi connectivity index (χ0v) is 19.9. The van der Waals surface area contributed by atoms with Crippen molar-refractivity contribution in [2.24, 2.45) is 0 Å². The Labute approximate surface area is 201 Å². The molecule has 5 rings (SSSR count). The lowest BCUT2D eigenvalue weighted by atomic mass is 9.90. The van der Waals surface area contributed by atoms with E-state index in [-0.39, 0.29) is 40.9 Å². The summed E-state index contributed by atoms with van der Waals surface area (Å²) in [5, 5.41) is 3.10. The van der Waals surface area contributed by atoms with Gasteiger partial charge >= 0.3 is 0 Å². The number of benzene rings is 1. The maximum Gasteiger partial charge on any atom is 0.259 e. The van der Waals surface area contributed by atoms with Gasteiger partial charge in [-0.1, -0.05) is 56.0 Å². The zero-order chi connectivity index (χ0) is 23.5. The number of hydrogen-bond donors (Lipinski definition) is 1. The van der Waals surface area contributed by atoms with Crippen LogP contribution in [0.15, 0.2) is 47.5 Å². The van der Waals surface area contributed by atoms with Gasteiger partial charge in [0.25, 0.3) is 11.8 Å². The summed E-state index contributed by atoms with van der Waals surface area (Å²) in [6.07, 6.45) is 13.8. The van der Waals surface area contributed by atoms with Gasteiger partial charge in [0.1, 0.15) is 11.1 Å². The fourth-order valence-electron chi connectivity index (χ4n) is 5.51. The van der Waals surface area contributed by atoms with Crippen LogP contribution in [0, 0.1) is 0 Å². The highest BCUT2D eigenvalue weighted by molar-refractivity contribution is 5.99. The molecular weight excluding hydrogens is 426 g/mol. The first-order valence-corrected chi connectivity index (χ1v) is 13.0. The van der Waals surface area contributed by atoms with Crippen molar-refractivity contribution < 1.29 is 9.59 Å². The Hall–Kier alpha value is -2.89. The molecule has 2 saturated carbocycles. The topological polar surface area (TPSA) is 71.4 Å². The quantitative estimate of drug-likeness (QED) is 0.659. The fraction of sp³-hybridized carbons (Fsp3) is 0.536. The minimum absolute atomic E-state index is 0.108. The molecular formula is C28H35N3O3. The molecule has 2 heterocycles. The van der Waals surface area contributed by atoms with Crippen molar-refractivity contribution in [1.29, 1.82) is 0 Å². The molecule has 2 aliphatic carbocycles. The lowest BCUT2D eigenvalue weighted by Crippen LogP contribution is -2.43. The number of nitrogens with zero attached hydrogens (tertiary/aromatic N) is 2. The first-order valence-electron chi connectivity index (χ1n) is 13.0. The molecule has 1 aromatic heterocycles. The van der Waals surface area contributed by atoms with Crippen molar-refractivity contribution in [2.45, 2.75) is 82.2 Å². The highest BCUT2D eigenvalue weighted by Crippen LogP contribution is 2.35. The van der Waals surface area contributed by atoms with E-state index in [1.54, 1.807) is 12.4 Å². The summed E-state index contributed by atoms with van der Waals surface area (Å²) >= 11 is 0. The molecule has 6 heteroatoms. The molecule has 3 aliphatic rings. The van der Waals surface area contributed by atoms with Crippen molar-refractivity contribution in [2.75, 3.05) is 13.1 Å². The number of carbonyl (C=O) groups is 2. The Balaban J connectivity index is 1.39. The summed E-state index contributed by atoms with van der Waals surface area (Å²) in [6.45, 7) is 1.24. The molecule has 1 atom stereocenters. The number of amides is 2. The molecule has 0 radical (unpaired) electrons. The highest BCUT2D eigenvalue weighted by atomic mass is 16.2. The van der Waals surface area contributed by atoms with Gasteiger partial charge in [-0.2, -0.15) is 0 Å². The average molecular weight is 462 g/mol. The zero-order valence-electron chi connectivity index (χ0n) is 19.9. The van der Waals surface area contributed by atoms with E-state index in [1.807, 2.05) is 27.7 Å². The van der Waals surface area contributed by atoms with E-state index in [0.717, 1.165) is 51.4 Å². The standard InChI is InChI=1S/C28H35N3O3/c32-26-24(27(33)29-22-12-6-1-2-7-13-22)18-31(23-14-15-23)19-25(26)28(34)30-16-8-11-21(17-30)20-9-4-3-5-10-20/h3-5,9-10,18-19,21-23H,1-2,6-8,11-17H2,(H,29,33). The summed E-state index contributed by atoms with van der Waals surface area (Å²) in [5.41, 5.74) is 1.04. The van der Waals surface area contributed by atoms with Crippen molar-refractivity contribution in [3.8, 4) is 0 Å². The number of aromatic nitrogens is 1. The Morgan fingerprint density at radius 1 is 0.824 bits per heavy atom. The third-order valence-electron chi connectivity index (χ3n) is 7.66. The van der Waals surface area contributed by atoms with Crippen LogP contribution < -0.4 is 10.7 Å². The summed E-state index contributed by atoms with van der Waals surface area (Å²) < 4.78 is 1.93. The van der Waals surface area contributed by atoms with Gasteiger partial charge in [0.05, 0.1) is 0 Å². The molecule has 180 valence electrons. The van der Waals surface area contributed by atoms with Crippen LogP contribution in [-0.4, -0.2) is 40.4 Å². The van der Waals surface area contributed by atoms with E-state index in [4.69, 9.17) is 0 Å².